The standard InChI is InChI=1S/C14H21N3OS/c1-2-17-13(18)4-6-14(17)5-3-8-16(11-14)10-12-15-7-9-19-12/h7,9H,2-6,8,10-11H2,1H3/t14-/m0/s1. The summed E-state index contributed by atoms with van der Waals surface area (Å²) in [5.41, 5.74) is 0.112. The minimum atomic E-state index is 0.112. The van der Waals surface area contributed by atoms with Crippen molar-refractivity contribution >= 4 is 17.2 Å². The zero-order chi connectivity index (χ0) is 13.3. The SMILES string of the molecule is CCN1C(=O)CC[C@]12CCCN(Cc1nccs1)C2. The lowest BCUT2D eigenvalue weighted by atomic mass is 9.86. The van der Waals surface area contributed by atoms with Crippen molar-refractivity contribution in [1.29, 1.82) is 0 Å². The molecule has 2 aliphatic rings. The van der Waals surface area contributed by atoms with E-state index in [1.54, 1.807) is 11.3 Å². The Balaban J connectivity index is 1.72. The van der Waals surface area contributed by atoms with E-state index in [0.29, 0.717) is 5.91 Å². The lowest BCUT2D eigenvalue weighted by Crippen LogP contribution is -2.56. The molecule has 1 amide bonds. The maximum atomic E-state index is 12.0. The number of amides is 1. The van der Waals surface area contributed by atoms with Gasteiger partial charge >= 0.3 is 0 Å². The van der Waals surface area contributed by atoms with Crippen molar-refractivity contribution in [2.24, 2.45) is 0 Å². The number of carbonyl (C=O) groups excluding carboxylic acids is 1. The van der Waals surface area contributed by atoms with Crippen molar-refractivity contribution in [3.63, 3.8) is 0 Å². The molecule has 104 valence electrons. The van der Waals surface area contributed by atoms with E-state index < -0.39 is 0 Å². The Labute approximate surface area is 118 Å². The van der Waals surface area contributed by atoms with E-state index in [1.807, 2.05) is 11.6 Å². The van der Waals surface area contributed by atoms with Crippen LogP contribution in [0.4, 0.5) is 0 Å². The molecule has 2 saturated heterocycles. The molecule has 2 aliphatic heterocycles. The largest absolute Gasteiger partial charge is 0.336 e. The number of hydrogen-bond acceptors (Lipinski definition) is 4. The minimum absolute atomic E-state index is 0.112. The molecule has 19 heavy (non-hydrogen) atoms. The van der Waals surface area contributed by atoms with Crippen LogP contribution in [0.1, 0.15) is 37.6 Å². The number of likely N-dealkylation sites (tertiary alicyclic amines) is 2. The second kappa shape index (κ2) is 5.21. The molecule has 0 aliphatic carbocycles. The van der Waals surface area contributed by atoms with Crippen LogP contribution in [0.2, 0.25) is 0 Å². The molecule has 5 heteroatoms. The molecule has 0 unspecified atom stereocenters. The van der Waals surface area contributed by atoms with E-state index in [4.69, 9.17) is 0 Å². The predicted octanol–water partition coefficient (Wildman–Crippen LogP) is 2.12. The van der Waals surface area contributed by atoms with Gasteiger partial charge < -0.3 is 4.90 Å². The fourth-order valence-corrected chi connectivity index (χ4v) is 4.33. The highest BCUT2D eigenvalue weighted by molar-refractivity contribution is 7.09. The summed E-state index contributed by atoms with van der Waals surface area (Å²) in [4.78, 5) is 21.0. The van der Waals surface area contributed by atoms with Crippen molar-refractivity contribution in [3.05, 3.63) is 16.6 Å². The summed E-state index contributed by atoms with van der Waals surface area (Å²) >= 11 is 1.72. The fourth-order valence-electron chi connectivity index (χ4n) is 3.67. The molecule has 0 bridgehead atoms. The number of thiazole rings is 1. The lowest BCUT2D eigenvalue weighted by molar-refractivity contribution is -0.132. The molecule has 3 rings (SSSR count). The number of rotatable bonds is 3. The molecule has 0 saturated carbocycles. The number of aromatic nitrogens is 1. The summed E-state index contributed by atoms with van der Waals surface area (Å²) in [5.74, 6) is 0.346. The van der Waals surface area contributed by atoms with Crippen molar-refractivity contribution in [3.8, 4) is 0 Å². The van der Waals surface area contributed by atoms with Crippen LogP contribution in [-0.2, 0) is 11.3 Å². The number of carbonyl (C=O) groups is 1. The average Bonchev–Trinajstić information content (AvgIpc) is 2.99. The zero-order valence-corrected chi connectivity index (χ0v) is 12.3. The first-order valence-electron chi connectivity index (χ1n) is 7.15. The molecule has 0 aromatic carbocycles. The molecule has 0 radical (unpaired) electrons. The number of nitrogens with zero attached hydrogens (tertiary/aromatic N) is 3. The fraction of sp³-hybridized carbons (Fsp3) is 0.714. The molecule has 4 nitrogen and oxygen atoms in total. The third-order valence-corrected chi connectivity index (χ3v) is 5.24. The molecule has 1 spiro atoms. The minimum Gasteiger partial charge on any atom is -0.336 e. The molecule has 1 atom stereocenters. The number of piperidine rings is 1. The van der Waals surface area contributed by atoms with Crippen molar-refractivity contribution in [1.82, 2.24) is 14.8 Å². The molecule has 3 heterocycles. The van der Waals surface area contributed by atoms with Crippen molar-refractivity contribution < 1.29 is 4.79 Å². The molecule has 1 aromatic rings. The van der Waals surface area contributed by atoms with Crippen LogP contribution >= 0.6 is 11.3 Å². The molecule has 0 N–H and O–H groups in total. The van der Waals surface area contributed by atoms with Crippen molar-refractivity contribution in [2.75, 3.05) is 19.6 Å². The third-order valence-electron chi connectivity index (χ3n) is 4.47. The Hall–Kier alpha value is -0.940. The molecular weight excluding hydrogens is 258 g/mol. The maximum absolute atomic E-state index is 12.0. The summed E-state index contributed by atoms with van der Waals surface area (Å²) in [7, 11) is 0. The molecular formula is C14H21N3OS. The van der Waals surface area contributed by atoms with Crippen LogP contribution in [0.15, 0.2) is 11.6 Å². The van der Waals surface area contributed by atoms with Gasteiger partial charge in [-0.2, -0.15) is 0 Å². The second-order valence-corrected chi connectivity index (χ2v) is 6.58. The van der Waals surface area contributed by atoms with Gasteiger partial charge in [-0.3, -0.25) is 9.69 Å². The Morgan fingerprint density at radius 2 is 2.37 bits per heavy atom. The Morgan fingerprint density at radius 1 is 1.47 bits per heavy atom. The quantitative estimate of drug-likeness (QED) is 0.850. The summed E-state index contributed by atoms with van der Waals surface area (Å²) in [5, 5.41) is 3.22. The first-order valence-corrected chi connectivity index (χ1v) is 8.03. The number of hydrogen-bond donors (Lipinski definition) is 0. The van der Waals surface area contributed by atoms with Crippen LogP contribution in [0, 0.1) is 0 Å². The van der Waals surface area contributed by atoms with Gasteiger partial charge in [0.05, 0.1) is 12.1 Å². The van der Waals surface area contributed by atoms with Gasteiger partial charge in [-0.1, -0.05) is 0 Å². The summed E-state index contributed by atoms with van der Waals surface area (Å²) < 4.78 is 0. The van der Waals surface area contributed by atoms with Crippen LogP contribution in [0.25, 0.3) is 0 Å². The van der Waals surface area contributed by atoms with E-state index in [9.17, 15) is 4.79 Å². The topological polar surface area (TPSA) is 36.4 Å². The van der Waals surface area contributed by atoms with Gasteiger partial charge in [0.15, 0.2) is 0 Å². The molecule has 1 aromatic heterocycles. The van der Waals surface area contributed by atoms with Crippen LogP contribution in [0.5, 0.6) is 0 Å². The lowest BCUT2D eigenvalue weighted by Gasteiger charge is -2.45. The van der Waals surface area contributed by atoms with E-state index in [2.05, 4.69) is 21.7 Å². The third kappa shape index (κ3) is 2.41. The van der Waals surface area contributed by atoms with Gasteiger partial charge in [0.25, 0.3) is 0 Å². The highest BCUT2D eigenvalue weighted by Crippen LogP contribution is 2.38. The first-order chi connectivity index (χ1) is 9.23. The van der Waals surface area contributed by atoms with E-state index in [0.717, 1.165) is 39.0 Å². The van der Waals surface area contributed by atoms with Crippen LogP contribution < -0.4 is 0 Å². The Bertz CT molecular complexity index is 448. The Morgan fingerprint density at radius 3 is 3.11 bits per heavy atom. The van der Waals surface area contributed by atoms with Gasteiger partial charge in [-0.05, 0) is 32.7 Å². The zero-order valence-electron chi connectivity index (χ0n) is 11.5. The van der Waals surface area contributed by atoms with Crippen LogP contribution in [0.3, 0.4) is 0 Å². The van der Waals surface area contributed by atoms with Gasteiger partial charge in [0, 0.05) is 31.1 Å². The first kappa shape index (κ1) is 13.1. The second-order valence-electron chi connectivity index (χ2n) is 5.60. The van der Waals surface area contributed by atoms with E-state index >= 15 is 0 Å². The Kier molecular flexibility index (Phi) is 3.58. The van der Waals surface area contributed by atoms with Crippen molar-refractivity contribution in [2.45, 2.75) is 44.7 Å². The van der Waals surface area contributed by atoms with Gasteiger partial charge in [0.2, 0.25) is 5.91 Å². The highest BCUT2D eigenvalue weighted by atomic mass is 32.1. The monoisotopic (exact) mass is 279 g/mol. The summed E-state index contributed by atoms with van der Waals surface area (Å²) in [6, 6.07) is 0. The van der Waals surface area contributed by atoms with Gasteiger partial charge in [0.1, 0.15) is 5.01 Å². The smallest absolute Gasteiger partial charge is 0.223 e. The summed E-state index contributed by atoms with van der Waals surface area (Å²) in [6.07, 6.45) is 6.00. The summed E-state index contributed by atoms with van der Waals surface area (Å²) in [6.45, 7) is 6.04. The van der Waals surface area contributed by atoms with Crippen LogP contribution in [-0.4, -0.2) is 45.9 Å². The highest BCUT2D eigenvalue weighted by Gasteiger charge is 2.46. The average molecular weight is 279 g/mol. The van der Waals surface area contributed by atoms with Gasteiger partial charge in [-0.25, -0.2) is 4.98 Å². The predicted molar refractivity (Wildman–Crippen MR) is 76.0 cm³/mol. The van der Waals surface area contributed by atoms with Gasteiger partial charge in [-0.15, -0.1) is 11.3 Å². The van der Waals surface area contributed by atoms with E-state index in [1.165, 1.54) is 17.8 Å². The van der Waals surface area contributed by atoms with E-state index in [-0.39, 0.29) is 5.54 Å². The number of likely N-dealkylation sites (N-methyl/N-ethyl adjacent to an activating group) is 1. The molecule has 2 fully saturated rings. The maximum Gasteiger partial charge on any atom is 0.223 e. The normalized spacial score (nSPS) is 28.5.